The van der Waals surface area contributed by atoms with Gasteiger partial charge < -0.3 is 10.5 Å². The minimum atomic E-state index is -0.489. The van der Waals surface area contributed by atoms with Gasteiger partial charge >= 0.3 is 0 Å². The number of aromatic nitrogens is 1. The van der Waals surface area contributed by atoms with Crippen molar-refractivity contribution in [3.8, 4) is 11.6 Å². The zero-order valence-electron chi connectivity index (χ0n) is 13.3. The first-order chi connectivity index (χ1) is 11.2. The lowest BCUT2D eigenvalue weighted by Gasteiger charge is -2.29. The van der Waals surface area contributed by atoms with E-state index in [1.807, 2.05) is 12.1 Å². The van der Waals surface area contributed by atoms with E-state index in [2.05, 4.69) is 22.9 Å². The van der Waals surface area contributed by atoms with Gasteiger partial charge in [0.1, 0.15) is 5.75 Å². The highest BCUT2D eigenvalue weighted by atomic mass is 16.5. The van der Waals surface area contributed by atoms with Crippen LogP contribution in [0.15, 0.2) is 36.5 Å². The molecule has 1 amide bonds. The lowest BCUT2D eigenvalue weighted by Crippen LogP contribution is -2.31. The van der Waals surface area contributed by atoms with Crippen LogP contribution in [0.25, 0.3) is 0 Å². The fraction of sp³-hybridized carbons (Fsp3) is 0.333. The van der Waals surface area contributed by atoms with Crippen LogP contribution >= 0.6 is 0 Å². The predicted molar refractivity (Wildman–Crippen MR) is 88.5 cm³/mol. The molecule has 0 unspecified atom stereocenters. The topological polar surface area (TPSA) is 68.5 Å². The maximum Gasteiger partial charge on any atom is 0.250 e. The van der Waals surface area contributed by atoms with Crippen molar-refractivity contribution in [1.82, 2.24) is 9.88 Å². The van der Waals surface area contributed by atoms with Crippen molar-refractivity contribution in [3.05, 3.63) is 53.2 Å². The third kappa shape index (κ3) is 3.51. The van der Waals surface area contributed by atoms with Gasteiger partial charge in [0.25, 0.3) is 0 Å². The quantitative estimate of drug-likeness (QED) is 0.922. The number of hydrogen-bond donors (Lipinski definition) is 1. The molecule has 2 aromatic rings. The zero-order valence-corrected chi connectivity index (χ0v) is 13.3. The lowest BCUT2D eigenvalue weighted by molar-refractivity contribution is 0.1000. The number of pyridine rings is 1. The summed E-state index contributed by atoms with van der Waals surface area (Å²) < 4.78 is 5.92. The molecule has 1 aromatic carbocycles. The summed E-state index contributed by atoms with van der Waals surface area (Å²) in [5, 5.41) is 0. The van der Waals surface area contributed by atoms with E-state index >= 15 is 0 Å². The Morgan fingerprint density at radius 1 is 1.35 bits per heavy atom. The molecule has 23 heavy (non-hydrogen) atoms. The van der Waals surface area contributed by atoms with Crippen LogP contribution in [0.2, 0.25) is 0 Å². The highest BCUT2D eigenvalue weighted by Crippen LogP contribution is 2.30. The summed E-state index contributed by atoms with van der Waals surface area (Å²) in [7, 11) is 0. The molecule has 5 nitrogen and oxygen atoms in total. The van der Waals surface area contributed by atoms with Gasteiger partial charge in [-0.1, -0.05) is 19.1 Å². The van der Waals surface area contributed by atoms with Crippen molar-refractivity contribution < 1.29 is 9.53 Å². The number of carbonyl (C=O) groups excluding carboxylic acids is 1. The summed E-state index contributed by atoms with van der Waals surface area (Å²) in [5.74, 6) is 0.828. The van der Waals surface area contributed by atoms with Gasteiger partial charge in [-0.15, -0.1) is 0 Å². The van der Waals surface area contributed by atoms with Crippen molar-refractivity contribution in [3.63, 3.8) is 0 Å². The van der Waals surface area contributed by atoms with Crippen molar-refractivity contribution in [2.75, 3.05) is 13.1 Å². The Balaban J connectivity index is 1.79. The van der Waals surface area contributed by atoms with Crippen LogP contribution in [0.4, 0.5) is 0 Å². The molecule has 0 bridgehead atoms. The zero-order chi connectivity index (χ0) is 16.2. The number of ether oxygens (including phenoxy) is 1. The van der Waals surface area contributed by atoms with E-state index in [-0.39, 0.29) is 0 Å². The second-order valence-electron chi connectivity index (χ2n) is 5.77. The van der Waals surface area contributed by atoms with E-state index in [4.69, 9.17) is 10.5 Å². The van der Waals surface area contributed by atoms with Gasteiger partial charge in [-0.25, -0.2) is 4.98 Å². The molecule has 1 aromatic heterocycles. The van der Waals surface area contributed by atoms with Gasteiger partial charge in [-0.3, -0.25) is 9.69 Å². The van der Waals surface area contributed by atoms with Gasteiger partial charge in [-0.2, -0.15) is 0 Å². The van der Waals surface area contributed by atoms with Crippen LogP contribution in [-0.2, 0) is 13.0 Å². The predicted octanol–water partition coefficient (Wildman–Crippen LogP) is 2.74. The summed E-state index contributed by atoms with van der Waals surface area (Å²) in [4.78, 5) is 17.7. The third-order valence-electron chi connectivity index (χ3n) is 4.08. The molecule has 2 N–H and O–H groups in total. The van der Waals surface area contributed by atoms with E-state index in [0.29, 0.717) is 11.4 Å². The van der Waals surface area contributed by atoms with Gasteiger partial charge in [0, 0.05) is 30.9 Å². The van der Waals surface area contributed by atoms with E-state index in [1.165, 1.54) is 23.7 Å². The highest BCUT2D eigenvalue weighted by Gasteiger charge is 2.19. The maximum atomic E-state index is 11.1. The number of amides is 1. The minimum Gasteiger partial charge on any atom is -0.439 e. The number of hydrogen-bond acceptors (Lipinski definition) is 4. The minimum absolute atomic E-state index is 0.377. The van der Waals surface area contributed by atoms with Crippen molar-refractivity contribution in [2.24, 2.45) is 5.73 Å². The third-order valence-corrected chi connectivity index (χ3v) is 4.08. The van der Waals surface area contributed by atoms with Crippen LogP contribution in [0.1, 0.15) is 34.8 Å². The van der Waals surface area contributed by atoms with Gasteiger partial charge in [0.05, 0.1) is 5.56 Å². The molecule has 0 spiro atoms. The Hall–Kier alpha value is -2.40. The second kappa shape index (κ2) is 6.79. The Bertz CT molecular complexity index is 698. The van der Waals surface area contributed by atoms with E-state index < -0.39 is 5.91 Å². The van der Waals surface area contributed by atoms with Crippen molar-refractivity contribution in [1.29, 1.82) is 0 Å². The normalized spacial score (nSPS) is 14.3. The van der Waals surface area contributed by atoms with E-state index in [0.717, 1.165) is 31.8 Å². The summed E-state index contributed by atoms with van der Waals surface area (Å²) >= 11 is 0. The Kier molecular flexibility index (Phi) is 4.57. The average Bonchev–Trinajstić information content (AvgIpc) is 2.56. The fourth-order valence-electron chi connectivity index (χ4n) is 2.93. The van der Waals surface area contributed by atoms with Gasteiger partial charge in [-0.05, 0) is 37.1 Å². The number of nitrogens with zero attached hydrogens (tertiary/aromatic N) is 2. The molecule has 1 aliphatic heterocycles. The summed E-state index contributed by atoms with van der Waals surface area (Å²) in [6.45, 7) is 5.35. The smallest absolute Gasteiger partial charge is 0.250 e. The molecular weight excluding hydrogens is 290 g/mol. The Morgan fingerprint density at radius 2 is 2.22 bits per heavy atom. The SMILES string of the molecule is CCCN1CCc2c(cccc2Oc2ccc(C(N)=O)cn2)C1. The second-order valence-corrected chi connectivity index (χ2v) is 5.77. The van der Waals surface area contributed by atoms with Crippen molar-refractivity contribution in [2.45, 2.75) is 26.3 Å². The highest BCUT2D eigenvalue weighted by molar-refractivity contribution is 5.92. The van der Waals surface area contributed by atoms with E-state index in [1.54, 1.807) is 12.1 Å². The molecule has 0 saturated heterocycles. The molecule has 2 heterocycles. The Morgan fingerprint density at radius 3 is 2.91 bits per heavy atom. The van der Waals surface area contributed by atoms with Crippen LogP contribution in [0.3, 0.4) is 0 Å². The number of primary amides is 1. The van der Waals surface area contributed by atoms with Crippen LogP contribution in [0.5, 0.6) is 11.6 Å². The Labute approximate surface area is 136 Å². The van der Waals surface area contributed by atoms with Gasteiger partial charge in [0.2, 0.25) is 11.8 Å². The number of nitrogens with two attached hydrogens (primary N) is 1. The summed E-state index contributed by atoms with van der Waals surface area (Å²) in [6, 6.07) is 9.45. The molecule has 1 aliphatic rings. The number of carbonyl (C=O) groups is 1. The molecular formula is C18H21N3O2. The molecule has 0 fully saturated rings. The number of fused-ring (bicyclic) bond motifs is 1. The molecule has 120 valence electrons. The first kappa shape index (κ1) is 15.5. The van der Waals surface area contributed by atoms with Crippen molar-refractivity contribution >= 4 is 5.91 Å². The average molecular weight is 311 g/mol. The molecule has 0 radical (unpaired) electrons. The lowest BCUT2D eigenvalue weighted by atomic mass is 9.98. The summed E-state index contributed by atoms with van der Waals surface area (Å²) in [5.41, 5.74) is 8.16. The molecule has 5 heteroatoms. The molecule has 0 saturated carbocycles. The van der Waals surface area contributed by atoms with E-state index in [9.17, 15) is 4.79 Å². The van der Waals surface area contributed by atoms with Crippen LogP contribution < -0.4 is 10.5 Å². The largest absolute Gasteiger partial charge is 0.439 e. The molecule has 3 rings (SSSR count). The van der Waals surface area contributed by atoms with Gasteiger partial charge in [0.15, 0.2) is 0 Å². The van der Waals surface area contributed by atoms with Crippen LogP contribution in [-0.4, -0.2) is 28.9 Å². The molecule has 0 aliphatic carbocycles. The monoisotopic (exact) mass is 311 g/mol. The fourth-order valence-corrected chi connectivity index (χ4v) is 2.93. The maximum absolute atomic E-state index is 11.1. The van der Waals surface area contributed by atoms with Crippen LogP contribution in [0, 0.1) is 0 Å². The number of rotatable bonds is 5. The number of benzene rings is 1. The standard InChI is InChI=1S/C18H21N3O2/c1-2-9-21-10-8-15-14(12-21)4-3-5-16(15)23-17-7-6-13(11-20-17)18(19)22/h3-7,11H,2,8-10,12H2,1H3,(H2,19,22). The summed E-state index contributed by atoms with van der Waals surface area (Å²) in [6.07, 6.45) is 3.59. The first-order valence-corrected chi connectivity index (χ1v) is 7.94. The molecule has 0 atom stereocenters. The first-order valence-electron chi connectivity index (χ1n) is 7.94.